The van der Waals surface area contributed by atoms with Crippen LogP contribution >= 0.6 is 23.2 Å². The van der Waals surface area contributed by atoms with Gasteiger partial charge < -0.3 is 5.32 Å². The summed E-state index contributed by atoms with van der Waals surface area (Å²) < 4.78 is 0. The smallest absolute Gasteiger partial charge is 0.255 e. The molecule has 1 N–H and O–H groups in total. The number of halogens is 2. The summed E-state index contributed by atoms with van der Waals surface area (Å²) in [4.78, 5) is 12.0. The molecule has 0 atom stereocenters. The molecule has 0 unspecified atom stereocenters. The van der Waals surface area contributed by atoms with Crippen LogP contribution in [0.4, 0.5) is 5.69 Å². The minimum absolute atomic E-state index is 0.206. The first-order chi connectivity index (χ1) is 8.58. The van der Waals surface area contributed by atoms with E-state index in [-0.39, 0.29) is 5.91 Å². The Morgan fingerprint density at radius 2 is 1.83 bits per heavy atom. The number of carbonyl (C=O) groups excluding carboxylic acids is 1. The highest BCUT2D eigenvalue weighted by atomic mass is 35.5. The van der Waals surface area contributed by atoms with E-state index in [0.717, 1.165) is 5.56 Å². The Labute approximate surface area is 116 Å². The molecule has 0 heterocycles. The van der Waals surface area contributed by atoms with E-state index >= 15 is 0 Å². The molecule has 2 rings (SSSR count). The van der Waals surface area contributed by atoms with Gasteiger partial charge in [-0.3, -0.25) is 4.79 Å². The van der Waals surface area contributed by atoms with Crippen molar-refractivity contribution in [1.29, 1.82) is 0 Å². The predicted octanol–water partition coefficient (Wildman–Crippen LogP) is 4.55. The van der Waals surface area contributed by atoms with Gasteiger partial charge in [0.1, 0.15) is 0 Å². The Morgan fingerprint density at radius 3 is 2.56 bits per heavy atom. The summed E-state index contributed by atoms with van der Waals surface area (Å²) in [5.74, 6) is -0.206. The van der Waals surface area contributed by atoms with Gasteiger partial charge in [0.05, 0.1) is 0 Å². The van der Waals surface area contributed by atoms with Crippen molar-refractivity contribution in [2.24, 2.45) is 0 Å². The summed E-state index contributed by atoms with van der Waals surface area (Å²) in [5, 5.41) is 3.97. The summed E-state index contributed by atoms with van der Waals surface area (Å²) in [5.41, 5.74) is 2.06. The van der Waals surface area contributed by atoms with Crippen molar-refractivity contribution < 1.29 is 4.79 Å². The van der Waals surface area contributed by atoms with E-state index in [2.05, 4.69) is 5.32 Å². The maximum absolute atomic E-state index is 12.0. The number of hydrogen-bond donors (Lipinski definition) is 1. The summed E-state index contributed by atoms with van der Waals surface area (Å²) in [6, 6.07) is 12.2. The van der Waals surface area contributed by atoms with Crippen LogP contribution in [0.15, 0.2) is 42.5 Å². The fraction of sp³-hybridized carbons (Fsp3) is 0.0714. The Hall–Kier alpha value is -1.51. The molecule has 0 radical (unpaired) electrons. The maximum Gasteiger partial charge on any atom is 0.255 e. The minimum atomic E-state index is -0.206. The number of rotatable bonds is 2. The van der Waals surface area contributed by atoms with Crippen LogP contribution in [-0.2, 0) is 0 Å². The van der Waals surface area contributed by atoms with Gasteiger partial charge in [-0.1, -0.05) is 35.3 Å². The third-order valence-corrected chi connectivity index (χ3v) is 3.25. The summed E-state index contributed by atoms with van der Waals surface area (Å²) in [6.45, 7) is 1.86. The van der Waals surface area contributed by atoms with Crippen LogP contribution in [0.3, 0.4) is 0 Å². The van der Waals surface area contributed by atoms with Gasteiger partial charge in [0.25, 0.3) is 5.91 Å². The normalized spacial score (nSPS) is 10.2. The summed E-state index contributed by atoms with van der Waals surface area (Å²) in [7, 11) is 0. The lowest BCUT2D eigenvalue weighted by atomic mass is 10.1. The highest BCUT2D eigenvalue weighted by Crippen LogP contribution is 2.23. The Kier molecular flexibility index (Phi) is 3.90. The quantitative estimate of drug-likeness (QED) is 0.858. The molecule has 0 aliphatic rings. The molecule has 0 aromatic heterocycles. The first-order valence-electron chi connectivity index (χ1n) is 5.40. The van der Waals surface area contributed by atoms with Gasteiger partial charge in [-0.25, -0.2) is 0 Å². The van der Waals surface area contributed by atoms with E-state index in [9.17, 15) is 4.79 Å². The summed E-state index contributed by atoms with van der Waals surface area (Å²) in [6.07, 6.45) is 0. The molecule has 0 aliphatic carbocycles. The number of amides is 1. The molecular weight excluding hydrogens is 269 g/mol. The monoisotopic (exact) mass is 279 g/mol. The van der Waals surface area contributed by atoms with Crippen molar-refractivity contribution in [3.05, 3.63) is 63.6 Å². The number of nitrogens with one attached hydrogen (secondary N) is 1. The van der Waals surface area contributed by atoms with Crippen LogP contribution in [0.25, 0.3) is 0 Å². The lowest BCUT2D eigenvalue weighted by Crippen LogP contribution is -2.12. The highest BCUT2D eigenvalue weighted by Gasteiger charge is 2.09. The Balaban J connectivity index is 2.24. The van der Waals surface area contributed by atoms with Gasteiger partial charge in [0.2, 0.25) is 0 Å². The van der Waals surface area contributed by atoms with E-state index in [1.54, 1.807) is 36.4 Å². The van der Waals surface area contributed by atoms with Crippen LogP contribution < -0.4 is 5.32 Å². The maximum atomic E-state index is 12.0. The van der Waals surface area contributed by atoms with Gasteiger partial charge in [0, 0.05) is 21.3 Å². The number of hydrogen-bond acceptors (Lipinski definition) is 1. The fourth-order valence-corrected chi connectivity index (χ4v) is 1.93. The standard InChI is InChI=1S/C14H11Cl2NO/c1-9-12(16)6-3-7-13(9)17-14(18)10-4-2-5-11(15)8-10/h2-8H,1H3,(H,17,18). The van der Waals surface area contributed by atoms with E-state index in [1.165, 1.54) is 0 Å². The SMILES string of the molecule is Cc1c(Cl)cccc1NC(=O)c1cccc(Cl)c1. The zero-order valence-corrected chi connectivity index (χ0v) is 11.2. The van der Waals surface area contributed by atoms with Crippen molar-refractivity contribution in [2.45, 2.75) is 6.92 Å². The second-order valence-corrected chi connectivity index (χ2v) is 4.72. The van der Waals surface area contributed by atoms with E-state index in [1.807, 2.05) is 13.0 Å². The third kappa shape index (κ3) is 2.84. The van der Waals surface area contributed by atoms with Gasteiger partial charge >= 0.3 is 0 Å². The van der Waals surface area contributed by atoms with Crippen molar-refractivity contribution in [3.8, 4) is 0 Å². The molecule has 0 bridgehead atoms. The van der Waals surface area contributed by atoms with E-state index < -0.39 is 0 Å². The minimum Gasteiger partial charge on any atom is -0.322 e. The van der Waals surface area contributed by atoms with E-state index in [4.69, 9.17) is 23.2 Å². The molecule has 0 saturated carbocycles. The van der Waals surface area contributed by atoms with Crippen molar-refractivity contribution in [1.82, 2.24) is 0 Å². The molecule has 0 aliphatic heterocycles. The molecule has 2 aromatic rings. The summed E-state index contributed by atoms with van der Waals surface area (Å²) >= 11 is 11.8. The van der Waals surface area contributed by atoms with Crippen LogP contribution in [0.5, 0.6) is 0 Å². The molecule has 4 heteroatoms. The Bertz CT molecular complexity index is 596. The van der Waals surface area contributed by atoms with Crippen LogP contribution in [0, 0.1) is 6.92 Å². The second-order valence-electron chi connectivity index (χ2n) is 3.88. The zero-order chi connectivity index (χ0) is 13.1. The molecule has 0 fully saturated rings. The number of benzene rings is 2. The average molecular weight is 280 g/mol. The second kappa shape index (κ2) is 5.42. The van der Waals surface area contributed by atoms with E-state index in [0.29, 0.717) is 21.3 Å². The number of anilines is 1. The molecular formula is C14H11Cl2NO. The molecule has 92 valence electrons. The van der Waals surface area contributed by atoms with Gasteiger partial charge in [-0.05, 0) is 42.8 Å². The van der Waals surface area contributed by atoms with Crippen LogP contribution in [0.2, 0.25) is 10.0 Å². The molecule has 0 spiro atoms. The first kappa shape index (κ1) is 12.9. The number of carbonyl (C=O) groups is 1. The van der Waals surface area contributed by atoms with Crippen molar-refractivity contribution in [3.63, 3.8) is 0 Å². The fourth-order valence-electron chi connectivity index (χ4n) is 1.57. The Morgan fingerprint density at radius 1 is 1.11 bits per heavy atom. The van der Waals surface area contributed by atoms with Gasteiger partial charge in [-0.2, -0.15) is 0 Å². The van der Waals surface area contributed by atoms with Gasteiger partial charge in [0.15, 0.2) is 0 Å². The third-order valence-electron chi connectivity index (χ3n) is 2.60. The van der Waals surface area contributed by atoms with Crippen molar-refractivity contribution >= 4 is 34.8 Å². The topological polar surface area (TPSA) is 29.1 Å². The molecule has 2 nitrogen and oxygen atoms in total. The average Bonchev–Trinajstić information content (AvgIpc) is 2.35. The lowest BCUT2D eigenvalue weighted by Gasteiger charge is -2.09. The van der Waals surface area contributed by atoms with Crippen LogP contribution in [0.1, 0.15) is 15.9 Å². The largest absolute Gasteiger partial charge is 0.322 e. The predicted molar refractivity (Wildman–Crippen MR) is 75.6 cm³/mol. The molecule has 0 saturated heterocycles. The first-order valence-corrected chi connectivity index (χ1v) is 6.15. The molecule has 18 heavy (non-hydrogen) atoms. The molecule has 2 aromatic carbocycles. The molecule has 1 amide bonds. The highest BCUT2D eigenvalue weighted by molar-refractivity contribution is 6.32. The zero-order valence-electron chi connectivity index (χ0n) is 9.71. The van der Waals surface area contributed by atoms with Crippen molar-refractivity contribution in [2.75, 3.05) is 5.32 Å². The van der Waals surface area contributed by atoms with Crippen LogP contribution in [-0.4, -0.2) is 5.91 Å². The van der Waals surface area contributed by atoms with Gasteiger partial charge in [-0.15, -0.1) is 0 Å². The lowest BCUT2D eigenvalue weighted by molar-refractivity contribution is 0.102.